The SMILES string of the molecule is CCCN(CC(=O)O)C(=O)NCCN. The second-order valence-corrected chi connectivity index (χ2v) is 2.84. The van der Waals surface area contributed by atoms with E-state index in [1.807, 2.05) is 6.92 Å². The summed E-state index contributed by atoms with van der Waals surface area (Å²) in [6, 6.07) is -0.375. The highest BCUT2D eigenvalue weighted by Gasteiger charge is 2.14. The van der Waals surface area contributed by atoms with Gasteiger partial charge in [0.15, 0.2) is 0 Å². The van der Waals surface area contributed by atoms with E-state index in [1.165, 1.54) is 4.90 Å². The number of nitrogens with zero attached hydrogens (tertiary/aromatic N) is 1. The van der Waals surface area contributed by atoms with Gasteiger partial charge in [0.05, 0.1) is 0 Å². The fourth-order valence-electron chi connectivity index (χ4n) is 0.977. The lowest BCUT2D eigenvalue weighted by Crippen LogP contribution is -2.44. The lowest BCUT2D eigenvalue weighted by molar-refractivity contribution is -0.137. The molecule has 4 N–H and O–H groups in total. The molecule has 6 heteroatoms. The smallest absolute Gasteiger partial charge is 0.323 e. The molecule has 0 aromatic rings. The number of carboxylic acids is 1. The molecular weight excluding hydrogens is 186 g/mol. The molecule has 0 fully saturated rings. The van der Waals surface area contributed by atoms with Gasteiger partial charge >= 0.3 is 12.0 Å². The van der Waals surface area contributed by atoms with E-state index >= 15 is 0 Å². The summed E-state index contributed by atoms with van der Waals surface area (Å²) in [4.78, 5) is 23.0. The van der Waals surface area contributed by atoms with E-state index in [2.05, 4.69) is 5.32 Å². The first-order valence-electron chi connectivity index (χ1n) is 4.56. The standard InChI is InChI=1S/C8H17N3O3/c1-2-5-11(6-7(12)13)8(14)10-4-3-9/h2-6,9H2,1H3,(H,10,14)(H,12,13). The van der Waals surface area contributed by atoms with Gasteiger partial charge < -0.3 is 21.1 Å². The molecule has 0 unspecified atom stereocenters. The summed E-state index contributed by atoms with van der Waals surface area (Å²) in [5.41, 5.74) is 5.20. The van der Waals surface area contributed by atoms with E-state index in [0.717, 1.165) is 6.42 Å². The van der Waals surface area contributed by atoms with Crippen LogP contribution in [0.2, 0.25) is 0 Å². The Morgan fingerprint density at radius 3 is 2.57 bits per heavy atom. The molecule has 0 saturated heterocycles. The van der Waals surface area contributed by atoms with Crippen LogP contribution in [0.3, 0.4) is 0 Å². The zero-order chi connectivity index (χ0) is 11.0. The average molecular weight is 203 g/mol. The van der Waals surface area contributed by atoms with Gasteiger partial charge in [-0.3, -0.25) is 4.79 Å². The van der Waals surface area contributed by atoms with Crippen LogP contribution in [0.1, 0.15) is 13.3 Å². The molecule has 0 aromatic heterocycles. The van der Waals surface area contributed by atoms with E-state index in [4.69, 9.17) is 10.8 Å². The van der Waals surface area contributed by atoms with Crippen molar-refractivity contribution in [1.29, 1.82) is 0 Å². The normalized spacial score (nSPS) is 9.57. The van der Waals surface area contributed by atoms with Crippen molar-refractivity contribution in [3.05, 3.63) is 0 Å². The van der Waals surface area contributed by atoms with Gasteiger partial charge in [0.25, 0.3) is 0 Å². The molecule has 0 aliphatic heterocycles. The molecule has 2 amide bonds. The minimum Gasteiger partial charge on any atom is -0.480 e. The quantitative estimate of drug-likeness (QED) is 0.539. The predicted octanol–water partition coefficient (Wildman–Crippen LogP) is -0.549. The Labute approximate surface area is 83.1 Å². The highest BCUT2D eigenvalue weighted by Crippen LogP contribution is 1.92. The number of nitrogens with two attached hydrogens (primary N) is 1. The monoisotopic (exact) mass is 203 g/mol. The van der Waals surface area contributed by atoms with Gasteiger partial charge in [0.2, 0.25) is 0 Å². The zero-order valence-corrected chi connectivity index (χ0v) is 8.32. The van der Waals surface area contributed by atoms with E-state index < -0.39 is 5.97 Å². The van der Waals surface area contributed by atoms with Crippen molar-refractivity contribution in [2.24, 2.45) is 5.73 Å². The number of carbonyl (C=O) groups excluding carboxylic acids is 1. The maximum Gasteiger partial charge on any atom is 0.323 e. The highest BCUT2D eigenvalue weighted by atomic mass is 16.4. The van der Waals surface area contributed by atoms with E-state index in [1.54, 1.807) is 0 Å². The molecule has 14 heavy (non-hydrogen) atoms. The number of carboxylic acid groups (broad SMARTS) is 1. The molecule has 0 aliphatic rings. The Morgan fingerprint density at radius 1 is 1.50 bits per heavy atom. The molecule has 0 spiro atoms. The Hall–Kier alpha value is -1.30. The number of hydrogen-bond donors (Lipinski definition) is 3. The summed E-state index contributed by atoms with van der Waals surface area (Å²) in [7, 11) is 0. The predicted molar refractivity (Wildman–Crippen MR) is 52.0 cm³/mol. The average Bonchev–Trinajstić information content (AvgIpc) is 2.13. The van der Waals surface area contributed by atoms with Crippen LogP contribution >= 0.6 is 0 Å². The van der Waals surface area contributed by atoms with Crippen molar-refractivity contribution in [2.75, 3.05) is 26.2 Å². The van der Waals surface area contributed by atoms with Gasteiger partial charge in [-0.2, -0.15) is 0 Å². The summed E-state index contributed by atoms with van der Waals surface area (Å²) in [5.74, 6) is -1.01. The van der Waals surface area contributed by atoms with Crippen LogP contribution in [0.4, 0.5) is 4.79 Å². The molecule has 0 heterocycles. The lowest BCUT2D eigenvalue weighted by Gasteiger charge is -2.20. The Bertz CT molecular complexity index is 196. The third-order valence-electron chi connectivity index (χ3n) is 1.53. The molecule has 0 aliphatic carbocycles. The summed E-state index contributed by atoms with van der Waals surface area (Å²) >= 11 is 0. The van der Waals surface area contributed by atoms with Crippen molar-refractivity contribution in [2.45, 2.75) is 13.3 Å². The van der Waals surface area contributed by atoms with Gasteiger partial charge in [0.1, 0.15) is 6.54 Å². The molecule has 0 aromatic carbocycles. The Balaban J connectivity index is 4.03. The van der Waals surface area contributed by atoms with Crippen LogP contribution in [-0.4, -0.2) is 48.2 Å². The van der Waals surface area contributed by atoms with Crippen LogP contribution in [0.5, 0.6) is 0 Å². The van der Waals surface area contributed by atoms with Gasteiger partial charge in [-0.05, 0) is 6.42 Å². The van der Waals surface area contributed by atoms with Gasteiger partial charge in [-0.1, -0.05) is 6.92 Å². The van der Waals surface area contributed by atoms with Crippen molar-refractivity contribution >= 4 is 12.0 Å². The molecule has 82 valence electrons. The highest BCUT2D eigenvalue weighted by molar-refractivity contribution is 5.80. The van der Waals surface area contributed by atoms with Gasteiger partial charge in [-0.15, -0.1) is 0 Å². The number of aliphatic carboxylic acids is 1. The fraction of sp³-hybridized carbons (Fsp3) is 0.750. The number of urea groups is 1. The molecule has 0 saturated carbocycles. The van der Waals surface area contributed by atoms with Crippen molar-refractivity contribution in [3.63, 3.8) is 0 Å². The minimum atomic E-state index is -1.01. The maximum absolute atomic E-state index is 11.3. The van der Waals surface area contributed by atoms with Crippen molar-refractivity contribution in [3.8, 4) is 0 Å². The Kier molecular flexibility index (Phi) is 6.47. The van der Waals surface area contributed by atoms with Gasteiger partial charge in [0, 0.05) is 19.6 Å². The summed E-state index contributed by atoms with van der Waals surface area (Å²) < 4.78 is 0. The molecule has 6 nitrogen and oxygen atoms in total. The van der Waals surface area contributed by atoms with Crippen LogP contribution < -0.4 is 11.1 Å². The molecule has 0 rings (SSSR count). The van der Waals surface area contributed by atoms with Crippen molar-refractivity contribution < 1.29 is 14.7 Å². The third kappa shape index (κ3) is 5.36. The van der Waals surface area contributed by atoms with Crippen LogP contribution in [0.15, 0.2) is 0 Å². The van der Waals surface area contributed by atoms with Crippen molar-refractivity contribution in [1.82, 2.24) is 10.2 Å². The molecule has 0 bridgehead atoms. The van der Waals surface area contributed by atoms with E-state index in [-0.39, 0.29) is 12.6 Å². The maximum atomic E-state index is 11.3. The lowest BCUT2D eigenvalue weighted by atomic mass is 10.4. The number of hydrogen-bond acceptors (Lipinski definition) is 3. The molecule has 0 radical (unpaired) electrons. The topological polar surface area (TPSA) is 95.7 Å². The summed E-state index contributed by atoms with van der Waals surface area (Å²) in [6.07, 6.45) is 0.726. The largest absolute Gasteiger partial charge is 0.480 e. The fourth-order valence-corrected chi connectivity index (χ4v) is 0.977. The minimum absolute atomic E-state index is 0.274. The Morgan fingerprint density at radius 2 is 2.14 bits per heavy atom. The zero-order valence-electron chi connectivity index (χ0n) is 8.32. The third-order valence-corrected chi connectivity index (χ3v) is 1.53. The second-order valence-electron chi connectivity index (χ2n) is 2.84. The van der Waals surface area contributed by atoms with E-state index in [0.29, 0.717) is 19.6 Å². The number of carbonyl (C=O) groups is 2. The first kappa shape index (κ1) is 12.7. The van der Waals surface area contributed by atoms with E-state index in [9.17, 15) is 9.59 Å². The first-order valence-corrected chi connectivity index (χ1v) is 4.56. The second kappa shape index (κ2) is 7.14. The summed E-state index contributed by atoms with van der Waals surface area (Å²) in [6.45, 7) is 2.75. The first-order chi connectivity index (χ1) is 6.61. The number of amides is 2. The van der Waals surface area contributed by atoms with Gasteiger partial charge in [-0.25, -0.2) is 4.79 Å². The number of rotatable bonds is 6. The van der Waals surface area contributed by atoms with Crippen LogP contribution in [0, 0.1) is 0 Å². The molecular formula is C8H17N3O3. The van der Waals surface area contributed by atoms with Crippen LogP contribution in [-0.2, 0) is 4.79 Å². The summed E-state index contributed by atoms with van der Waals surface area (Å²) in [5, 5.41) is 11.1. The number of nitrogens with one attached hydrogen (secondary N) is 1. The molecule has 0 atom stereocenters. The van der Waals surface area contributed by atoms with Crippen LogP contribution in [0.25, 0.3) is 0 Å².